The molecule has 8 heteroatoms. The number of benzene rings is 3. The van der Waals surface area contributed by atoms with Gasteiger partial charge in [0, 0.05) is 12.0 Å². The second kappa shape index (κ2) is 11.1. The molecule has 0 radical (unpaired) electrons. The Hall–Kier alpha value is -3.52. The van der Waals surface area contributed by atoms with Crippen molar-refractivity contribution in [2.45, 2.75) is 63.5 Å². The molecule has 3 aromatic rings. The monoisotopic (exact) mass is 536 g/mol. The Morgan fingerprint density at radius 2 is 1.68 bits per heavy atom. The van der Waals surface area contributed by atoms with Crippen LogP contribution in [0.2, 0.25) is 0 Å². The first kappa shape index (κ1) is 27.5. The number of sulfonamides is 1. The number of hydrogen-bond acceptors (Lipinski definition) is 5. The smallest absolute Gasteiger partial charge is 0.264 e. The lowest BCUT2D eigenvalue weighted by Gasteiger charge is -2.41. The number of carbonyl (C=O) groups is 1. The second-order valence-corrected chi connectivity index (χ2v) is 11.7. The van der Waals surface area contributed by atoms with Crippen molar-refractivity contribution >= 4 is 21.6 Å². The van der Waals surface area contributed by atoms with Crippen molar-refractivity contribution in [3.8, 4) is 11.5 Å². The van der Waals surface area contributed by atoms with E-state index in [4.69, 9.17) is 9.47 Å². The maximum atomic E-state index is 13.9. The summed E-state index contributed by atoms with van der Waals surface area (Å²) in [4.78, 5) is 13.7. The van der Waals surface area contributed by atoms with Gasteiger partial charge in [-0.25, -0.2) is 8.42 Å². The summed E-state index contributed by atoms with van der Waals surface area (Å²) in [7, 11) is -2.60. The molecule has 3 aromatic carbocycles. The van der Waals surface area contributed by atoms with Crippen LogP contribution in [-0.2, 0) is 14.8 Å². The molecule has 1 heterocycles. The topological polar surface area (TPSA) is 84.9 Å². The quantitative estimate of drug-likeness (QED) is 0.379. The van der Waals surface area contributed by atoms with Crippen LogP contribution in [0.3, 0.4) is 0 Å². The summed E-state index contributed by atoms with van der Waals surface area (Å²) in [5.41, 5.74) is 2.58. The fourth-order valence-corrected chi connectivity index (χ4v) is 6.36. The molecule has 1 amide bonds. The van der Waals surface area contributed by atoms with E-state index in [9.17, 15) is 13.2 Å². The first-order chi connectivity index (χ1) is 18.1. The average molecular weight is 537 g/mol. The van der Waals surface area contributed by atoms with Crippen LogP contribution >= 0.6 is 0 Å². The van der Waals surface area contributed by atoms with E-state index < -0.39 is 28.1 Å². The van der Waals surface area contributed by atoms with Crippen LogP contribution in [0.25, 0.3) is 0 Å². The van der Waals surface area contributed by atoms with E-state index in [1.807, 2.05) is 44.2 Å². The Morgan fingerprint density at radius 1 is 1.03 bits per heavy atom. The molecule has 1 aliphatic heterocycles. The van der Waals surface area contributed by atoms with Crippen molar-refractivity contribution in [2.75, 3.05) is 18.0 Å². The number of nitrogens with one attached hydrogen (secondary N) is 1. The molecule has 0 saturated heterocycles. The van der Waals surface area contributed by atoms with E-state index in [2.05, 4.69) is 19.2 Å². The summed E-state index contributed by atoms with van der Waals surface area (Å²) in [6.45, 7) is 7.52. The second-order valence-electron chi connectivity index (χ2n) is 9.85. The molecule has 0 saturated carbocycles. The minimum Gasteiger partial charge on any atom is -0.495 e. The molecule has 1 atom stereocenters. The van der Waals surface area contributed by atoms with Gasteiger partial charge in [-0.1, -0.05) is 55.8 Å². The van der Waals surface area contributed by atoms with Gasteiger partial charge < -0.3 is 14.8 Å². The largest absolute Gasteiger partial charge is 0.495 e. The number of aryl methyl sites for hydroxylation is 2. The van der Waals surface area contributed by atoms with Crippen LogP contribution in [0, 0.1) is 13.8 Å². The summed E-state index contributed by atoms with van der Waals surface area (Å²) in [5.74, 6) is 0.704. The molecule has 202 valence electrons. The highest BCUT2D eigenvalue weighted by Gasteiger charge is 2.39. The summed E-state index contributed by atoms with van der Waals surface area (Å²) >= 11 is 0. The van der Waals surface area contributed by atoms with Crippen LogP contribution in [-0.4, -0.2) is 33.6 Å². The molecule has 0 unspecified atom stereocenters. The zero-order valence-corrected chi connectivity index (χ0v) is 23.5. The van der Waals surface area contributed by atoms with E-state index in [1.54, 1.807) is 36.4 Å². The number of ether oxygens (including phenoxy) is 2. The fourth-order valence-electron chi connectivity index (χ4n) is 4.93. The summed E-state index contributed by atoms with van der Waals surface area (Å²) in [6, 6.07) is 19.3. The van der Waals surface area contributed by atoms with Crippen LogP contribution in [0.4, 0.5) is 5.69 Å². The molecular formula is C30H36N2O5S. The van der Waals surface area contributed by atoms with Crippen LogP contribution in [0.5, 0.6) is 11.5 Å². The molecule has 38 heavy (non-hydrogen) atoms. The van der Waals surface area contributed by atoms with Gasteiger partial charge in [-0.15, -0.1) is 0 Å². The molecule has 7 nitrogen and oxygen atoms in total. The number of hydrogen-bond donors (Lipinski definition) is 1. The number of carbonyl (C=O) groups excluding carboxylic acids is 1. The molecule has 0 spiro atoms. The Bertz CT molecular complexity index is 1400. The molecule has 0 aliphatic carbocycles. The Labute approximate surface area is 225 Å². The number of para-hydroxylation sites is 1. The Balaban J connectivity index is 1.71. The average Bonchev–Trinajstić information content (AvgIpc) is 2.91. The number of methoxy groups -OCH3 is 1. The van der Waals surface area contributed by atoms with Gasteiger partial charge in [0.2, 0.25) is 5.91 Å². The minimum absolute atomic E-state index is 0.104. The maximum Gasteiger partial charge on any atom is 0.264 e. The number of anilines is 1. The van der Waals surface area contributed by atoms with Crippen LogP contribution in [0.1, 0.15) is 55.8 Å². The van der Waals surface area contributed by atoms with E-state index >= 15 is 0 Å². The van der Waals surface area contributed by atoms with E-state index in [-0.39, 0.29) is 10.9 Å². The zero-order valence-electron chi connectivity index (χ0n) is 22.7. The summed E-state index contributed by atoms with van der Waals surface area (Å²) in [5, 5.41) is 3.12. The van der Waals surface area contributed by atoms with E-state index in [0.29, 0.717) is 17.9 Å². The third-order valence-corrected chi connectivity index (χ3v) is 9.09. The number of fused-ring (bicyclic) bond motifs is 1. The zero-order chi connectivity index (χ0) is 27.5. The van der Waals surface area contributed by atoms with Gasteiger partial charge in [0.25, 0.3) is 10.0 Å². The molecule has 1 N–H and O–H groups in total. The summed E-state index contributed by atoms with van der Waals surface area (Å²) < 4.78 is 40.9. The molecule has 4 rings (SSSR count). The Morgan fingerprint density at radius 3 is 2.34 bits per heavy atom. The van der Waals surface area contributed by atoms with Crippen molar-refractivity contribution in [3.05, 3.63) is 83.4 Å². The van der Waals surface area contributed by atoms with Gasteiger partial charge in [0.05, 0.1) is 23.7 Å². The molecule has 0 bridgehead atoms. The third kappa shape index (κ3) is 5.50. The fraction of sp³-hybridized carbons (Fsp3) is 0.367. The van der Waals surface area contributed by atoms with Crippen molar-refractivity contribution in [3.63, 3.8) is 0 Å². The number of nitrogens with zero attached hydrogens (tertiary/aromatic N) is 1. The van der Waals surface area contributed by atoms with Crippen molar-refractivity contribution in [2.24, 2.45) is 0 Å². The van der Waals surface area contributed by atoms with Gasteiger partial charge in [-0.2, -0.15) is 0 Å². The summed E-state index contributed by atoms with van der Waals surface area (Å²) in [6.07, 6.45) is 2.18. The van der Waals surface area contributed by atoms with E-state index in [1.165, 1.54) is 7.11 Å². The SMILES string of the molecule is CCC1(CC)C[C@@H](NC(=O)CN(c2cc(C)ccc2OC)S(=O)(=O)c2ccc(C)cc2)c2ccccc2O1. The molecule has 0 aromatic heterocycles. The van der Waals surface area contributed by atoms with Gasteiger partial charge >= 0.3 is 0 Å². The van der Waals surface area contributed by atoms with Gasteiger partial charge in [0.15, 0.2) is 0 Å². The highest BCUT2D eigenvalue weighted by atomic mass is 32.2. The van der Waals surface area contributed by atoms with Crippen molar-refractivity contribution in [1.82, 2.24) is 5.32 Å². The lowest BCUT2D eigenvalue weighted by atomic mass is 9.83. The normalized spacial score (nSPS) is 16.2. The highest BCUT2D eigenvalue weighted by molar-refractivity contribution is 7.92. The molecular weight excluding hydrogens is 500 g/mol. The van der Waals surface area contributed by atoms with Gasteiger partial charge in [-0.3, -0.25) is 9.10 Å². The molecule has 0 fully saturated rings. The number of rotatable bonds is 9. The van der Waals surface area contributed by atoms with Crippen LogP contribution in [0.15, 0.2) is 71.6 Å². The van der Waals surface area contributed by atoms with Crippen LogP contribution < -0.4 is 19.1 Å². The Kier molecular flexibility index (Phi) is 8.02. The lowest BCUT2D eigenvalue weighted by molar-refractivity contribution is -0.121. The molecule has 1 aliphatic rings. The van der Waals surface area contributed by atoms with Gasteiger partial charge in [0.1, 0.15) is 23.6 Å². The lowest BCUT2D eigenvalue weighted by Crippen LogP contribution is -2.47. The third-order valence-electron chi connectivity index (χ3n) is 7.32. The van der Waals surface area contributed by atoms with Crippen molar-refractivity contribution < 1.29 is 22.7 Å². The number of amides is 1. The maximum absolute atomic E-state index is 13.9. The predicted molar refractivity (Wildman–Crippen MR) is 149 cm³/mol. The van der Waals surface area contributed by atoms with E-state index in [0.717, 1.165) is 39.6 Å². The first-order valence-corrected chi connectivity index (χ1v) is 14.4. The minimum atomic E-state index is -4.08. The van der Waals surface area contributed by atoms with Gasteiger partial charge in [-0.05, 0) is 62.6 Å². The standard InChI is InChI=1S/C30H36N2O5S/c1-6-30(7-2)19-25(24-10-8-9-11-27(24)37-30)31-29(33)20-32(26-18-22(4)14-17-28(26)36-5)38(34,35)23-15-12-21(3)13-16-23/h8-18,25H,6-7,19-20H2,1-5H3,(H,31,33)/t25-/m1/s1. The highest BCUT2D eigenvalue weighted by Crippen LogP contribution is 2.42. The first-order valence-electron chi connectivity index (χ1n) is 12.9. The predicted octanol–water partition coefficient (Wildman–Crippen LogP) is 5.71. The van der Waals surface area contributed by atoms with Crippen molar-refractivity contribution in [1.29, 1.82) is 0 Å².